The number of hydrogen-bond acceptors (Lipinski definition) is 7. The predicted molar refractivity (Wildman–Crippen MR) is 150 cm³/mol. The van der Waals surface area contributed by atoms with Gasteiger partial charge in [-0.2, -0.15) is 0 Å². The summed E-state index contributed by atoms with van der Waals surface area (Å²) in [5.74, 6) is 2.17. The first-order valence-electron chi connectivity index (χ1n) is 13.4. The lowest BCUT2D eigenvalue weighted by Gasteiger charge is -2.27. The number of fused-ring (bicyclic) bond motifs is 1. The van der Waals surface area contributed by atoms with Gasteiger partial charge in [-0.05, 0) is 61.4 Å². The summed E-state index contributed by atoms with van der Waals surface area (Å²) in [6, 6.07) is 16.9. The molecule has 0 spiro atoms. The normalized spacial score (nSPS) is 14.5. The highest BCUT2D eigenvalue weighted by Gasteiger charge is 2.32. The number of rotatable bonds is 12. The van der Waals surface area contributed by atoms with Crippen LogP contribution in [-0.4, -0.2) is 64.9 Å². The van der Waals surface area contributed by atoms with Gasteiger partial charge in [0.15, 0.2) is 0 Å². The van der Waals surface area contributed by atoms with Gasteiger partial charge in [0.25, 0.3) is 0 Å². The topological polar surface area (TPSA) is 77.3 Å². The number of aromatic nitrogens is 4. The van der Waals surface area contributed by atoms with Crippen LogP contribution in [0.5, 0.6) is 5.75 Å². The highest BCUT2D eigenvalue weighted by molar-refractivity contribution is 5.78. The summed E-state index contributed by atoms with van der Waals surface area (Å²) in [6.07, 6.45) is 3.59. The fourth-order valence-corrected chi connectivity index (χ4v) is 5.22. The average Bonchev–Trinajstić information content (AvgIpc) is 3.52. The number of benzene rings is 2. The second kappa shape index (κ2) is 12.4. The van der Waals surface area contributed by atoms with Gasteiger partial charge in [-0.1, -0.05) is 12.1 Å². The Hall–Kier alpha value is -3.82. The van der Waals surface area contributed by atoms with E-state index in [0.717, 1.165) is 66.7 Å². The fourth-order valence-electron chi connectivity index (χ4n) is 5.22. The third-order valence-corrected chi connectivity index (χ3v) is 6.99. The molecule has 0 fully saturated rings. The van der Waals surface area contributed by atoms with Crippen LogP contribution in [0.2, 0.25) is 0 Å². The first-order chi connectivity index (χ1) is 19.1. The van der Waals surface area contributed by atoms with E-state index in [4.69, 9.17) is 19.4 Å². The van der Waals surface area contributed by atoms with Crippen LogP contribution in [0.15, 0.2) is 60.8 Å². The Labute approximate surface area is 228 Å². The van der Waals surface area contributed by atoms with E-state index >= 15 is 0 Å². The Bertz CT molecular complexity index is 1390. The minimum absolute atomic E-state index is 0.191. The molecule has 5 rings (SSSR count). The van der Waals surface area contributed by atoms with Crippen molar-refractivity contribution in [3.8, 4) is 28.4 Å². The summed E-state index contributed by atoms with van der Waals surface area (Å²) in [5, 5.41) is 3.04. The van der Waals surface area contributed by atoms with Crippen LogP contribution in [-0.2, 0) is 17.7 Å². The standard InChI is InChI=1S/C30H35FN6O2/c1-4-39-25-7-5-6-21(18-25)19-36(16-17-38-3)20-24-12-13-27-35-28(22-8-10-23(31)11-9-22)29(37(24)27)26-14-15-33-30(32-2)34-26/h5-11,14-15,18,24H,4,12-13,16-17,19-20H2,1-3H3,(H,32,33,34)/t24-/m0/s1. The number of anilines is 1. The summed E-state index contributed by atoms with van der Waals surface area (Å²) >= 11 is 0. The van der Waals surface area contributed by atoms with Crippen molar-refractivity contribution >= 4 is 5.95 Å². The van der Waals surface area contributed by atoms with Gasteiger partial charge in [-0.15, -0.1) is 0 Å². The molecule has 1 atom stereocenters. The zero-order chi connectivity index (χ0) is 27.2. The molecule has 2 aromatic heterocycles. The fraction of sp³-hybridized carbons (Fsp3) is 0.367. The summed E-state index contributed by atoms with van der Waals surface area (Å²) < 4.78 is 27.3. The van der Waals surface area contributed by atoms with E-state index in [2.05, 4.69) is 31.9 Å². The van der Waals surface area contributed by atoms with Gasteiger partial charge in [-0.3, -0.25) is 4.90 Å². The maximum atomic E-state index is 13.8. The molecule has 0 saturated heterocycles. The first kappa shape index (κ1) is 26.8. The number of hydrogen-bond donors (Lipinski definition) is 1. The molecule has 2 aromatic carbocycles. The van der Waals surface area contributed by atoms with E-state index in [9.17, 15) is 4.39 Å². The van der Waals surface area contributed by atoms with E-state index < -0.39 is 0 Å². The smallest absolute Gasteiger partial charge is 0.222 e. The summed E-state index contributed by atoms with van der Waals surface area (Å²) in [6.45, 7) is 5.68. The van der Waals surface area contributed by atoms with Crippen LogP contribution in [0, 0.1) is 5.82 Å². The number of nitrogens with zero attached hydrogens (tertiary/aromatic N) is 5. The Morgan fingerprint density at radius 2 is 1.97 bits per heavy atom. The summed E-state index contributed by atoms with van der Waals surface area (Å²) in [5.41, 5.74) is 4.58. The Morgan fingerprint density at radius 3 is 2.74 bits per heavy atom. The van der Waals surface area contributed by atoms with Gasteiger partial charge in [0.1, 0.15) is 17.4 Å². The number of imidazole rings is 1. The van der Waals surface area contributed by atoms with E-state index in [1.807, 2.05) is 25.1 Å². The van der Waals surface area contributed by atoms with Gasteiger partial charge in [0, 0.05) is 58.0 Å². The number of nitrogens with one attached hydrogen (secondary N) is 1. The van der Waals surface area contributed by atoms with Crippen molar-refractivity contribution in [1.29, 1.82) is 0 Å². The molecule has 3 heterocycles. The molecule has 0 amide bonds. The monoisotopic (exact) mass is 530 g/mol. The molecular formula is C30H35FN6O2. The second-order valence-corrected chi connectivity index (χ2v) is 9.62. The predicted octanol–water partition coefficient (Wildman–Crippen LogP) is 5.22. The molecule has 0 saturated carbocycles. The molecule has 0 unspecified atom stereocenters. The molecule has 8 nitrogen and oxygen atoms in total. The molecule has 1 aliphatic rings. The molecule has 4 aromatic rings. The lowest BCUT2D eigenvalue weighted by molar-refractivity contribution is 0.134. The van der Waals surface area contributed by atoms with E-state index in [1.54, 1.807) is 32.5 Å². The average molecular weight is 531 g/mol. The zero-order valence-electron chi connectivity index (χ0n) is 22.7. The van der Waals surface area contributed by atoms with Crippen molar-refractivity contribution in [3.63, 3.8) is 0 Å². The number of halogens is 1. The summed E-state index contributed by atoms with van der Waals surface area (Å²) in [7, 11) is 3.54. The van der Waals surface area contributed by atoms with Crippen LogP contribution < -0.4 is 10.1 Å². The van der Waals surface area contributed by atoms with Crippen molar-refractivity contribution in [3.05, 3.63) is 78.0 Å². The van der Waals surface area contributed by atoms with Crippen molar-refractivity contribution in [2.45, 2.75) is 32.4 Å². The molecule has 9 heteroatoms. The quantitative estimate of drug-likeness (QED) is 0.269. The van der Waals surface area contributed by atoms with Crippen LogP contribution in [0.4, 0.5) is 10.3 Å². The van der Waals surface area contributed by atoms with E-state index in [1.165, 1.54) is 17.7 Å². The maximum Gasteiger partial charge on any atom is 0.222 e. The van der Waals surface area contributed by atoms with Crippen molar-refractivity contribution in [2.75, 3.05) is 45.8 Å². The molecule has 1 N–H and O–H groups in total. The highest BCUT2D eigenvalue weighted by atomic mass is 19.1. The van der Waals surface area contributed by atoms with E-state index in [0.29, 0.717) is 19.2 Å². The van der Waals surface area contributed by atoms with Crippen molar-refractivity contribution < 1.29 is 13.9 Å². The Morgan fingerprint density at radius 1 is 1.13 bits per heavy atom. The third kappa shape index (κ3) is 6.10. The van der Waals surface area contributed by atoms with Crippen molar-refractivity contribution in [1.82, 2.24) is 24.4 Å². The largest absolute Gasteiger partial charge is 0.494 e. The lowest BCUT2D eigenvalue weighted by atomic mass is 10.1. The molecule has 0 bridgehead atoms. The second-order valence-electron chi connectivity index (χ2n) is 9.62. The minimum Gasteiger partial charge on any atom is -0.494 e. The van der Waals surface area contributed by atoms with Gasteiger partial charge in [0.05, 0.1) is 30.3 Å². The number of methoxy groups -OCH3 is 1. The van der Waals surface area contributed by atoms with Crippen LogP contribution in [0.1, 0.15) is 30.8 Å². The molecule has 1 aliphatic heterocycles. The molecule has 0 radical (unpaired) electrons. The van der Waals surface area contributed by atoms with E-state index in [-0.39, 0.29) is 11.9 Å². The van der Waals surface area contributed by atoms with Gasteiger partial charge in [-0.25, -0.2) is 19.3 Å². The van der Waals surface area contributed by atoms with Crippen molar-refractivity contribution in [2.24, 2.45) is 0 Å². The van der Waals surface area contributed by atoms with Crippen LogP contribution in [0.3, 0.4) is 0 Å². The molecule has 0 aliphatic carbocycles. The zero-order valence-corrected chi connectivity index (χ0v) is 22.7. The Balaban J connectivity index is 1.51. The van der Waals surface area contributed by atoms with Crippen LogP contribution in [0.25, 0.3) is 22.6 Å². The van der Waals surface area contributed by atoms with Gasteiger partial charge >= 0.3 is 0 Å². The highest BCUT2D eigenvalue weighted by Crippen LogP contribution is 2.39. The Kier molecular flexibility index (Phi) is 8.48. The number of ether oxygens (including phenoxy) is 2. The van der Waals surface area contributed by atoms with Crippen LogP contribution >= 0.6 is 0 Å². The SMILES string of the molecule is CCOc1cccc(CN(CCOC)C[C@@H]2CCc3nc(-c4ccc(F)cc4)c(-c4ccnc(NC)n4)n32)c1. The van der Waals surface area contributed by atoms with Gasteiger partial charge in [0.2, 0.25) is 5.95 Å². The summed E-state index contributed by atoms with van der Waals surface area (Å²) in [4.78, 5) is 16.6. The molecule has 204 valence electrons. The maximum absolute atomic E-state index is 13.8. The number of aryl methyl sites for hydroxylation is 1. The first-order valence-corrected chi connectivity index (χ1v) is 13.4. The third-order valence-electron chi connectivity index (χ3n) is 6.99. The molecule has 39 heavy (non-hydrogen) atoms. The van der Waals surface area contributed by atoms with Gasteiger partial charge < -0.3 is 19.4 Å². The molecular weight excluding hydrogens is 495 g/mol. The minimum atomic E-state index is -0.272. The lowest BCUT2D eigenvalue weighted by Crippen LogP contribution is -2.32.